The second-order valence-electron chi connectivity index (χ2n) is 11.3. The average molecular weight is 558 g/mol. The number of hydrogen-bond donors (Lipinski definition) is 3. The summed E-state index contributed by atoms with van der Waals surface area (Å²) in [5.74, 6) is 2.35. The zero-order chi connectivity index (χ0) is 28.4. The number of anilines is 2. The topological polar surface area (TPSA) is 93.4 Å². The molecule has 2 fully saturated rings. The molecule has 9 heteroatoms. The van der Waals surface area contributed by atoms with Gasteiger partial charge < -0.3 is 34.7 Å². The number of piperazine rings is 1. The molecule has 41 heavy (non-hydrogen) atoms. The summed E-state index contributed by atoms with van der Waals surface area (Å²) in [6.45, 7) is 6.71. The van der Waals surface area contributed by atoms with Crippen molar-refractivity contribution in [3.05, 3.63) is 83.1 Å². The van der Waals surface area contributed by atoms with Gasteiger partial charge in [0, 0.05) is 56.6 Å². The number of nitrogens with zero attached hydrogens (tertiary/aromatic N) is 3. The van der Waals surface area contributed by atoms with Crippen LogP contribution in [0.15, 0.2) is 65.1 Å². The number of carboxylic acid groups (broad SMARTS) is 1. The Morgan fingerprint density at radius 3 is 2.41 bits per heavy atom. The highest BCUT2D eigenvalue weighted by Gasteiger charge is 2.40. The molecule has 3 N–H and O–H groups in total. The minimum absolute atomic E-state index is 0.499. The van der Waals surface area contributed by atoms with Gasteiger partial charge in [-0.3, -0.25) is 4.90 Å². The lowest BCUT2D eigenvalue weighted by molar-refractivity contribution is 0.144. The van der Waals surface area contributed by atoms with E-state index in [9.17, 15) is 9.90 Å². The summed E-state index contributed by atoms with van der Waals surface area (Å²) >= 11 is 0. The number of carbonyl (C=O) groups is 1. The van der Waals surface area contributed by atoms with Crippen LogP contribution in [0, 0.1) is 0 Å². The van der Waals surface area contributed by atoms with Gasteiger partial charge in [0.05, 0.1) is 30.5 Å². The molecule has 6 rings (SSSR count). The van der Waals surface area contributed by atoms with E-state index in [1.807, 2.05) is 30.3 Å². The zero-order valence-electron chi connectivity index (χ0n) is 23.9. The lowest BCUT2D eigenvalue weighted by Crippen LogP contribution is -2.50. The number of rotatable bonds is 9. The Labute approximate surface area is 241 Å². The molecule has 0 unspecified atom stereocenters. The molecule has 3 aromatic rings. The van der Waals surface area contributed by atoms with Crippen LogP contribution in [-0.2, 0) is 16.8 Å². The molecule has 3 heterocycles. The third kappa shape index (κ3) is 5.52. The molecular weight excluding hydrogens is 518 g/mol. The number of likely N-dealkylation sites (N-methyl/N-ethyl adjacent to an activating group) is 1. The van der Waals surface area contributed by atoms with Crippen molar-refractivity contribution in [1.82, 2.24) is 15.1 Å². The van der Waals surface area contributed by atoms with Crippen LogP contribution in [0.4, 0.5) is 16.4 Å². The molecule has 1 saturated heterocycles. The van der Waals surface area contributed by atoms with Crippen molar-refractivity contribution >= 4 is 29.1 Å². The summed E-state index contributed by atoms with van der Waals surface area (Å²) in [4.78, 5) is 18.5. The van der Waals surface area contributed by atoms with Crippen LogP contribution in [-0.4, -0.2) is 74.4 Å². The third-order valence-corrected chi connectivity index (χ3v) is 8.70. The van der Waals surface area contributed by atoms with Gasteiger partial charge in [-0.2, -0.15) is 0 Å². The summed E-state index contributed by atoms with van der Waals surface area (Å²) in [7, 11) is 3.88. The first-order chi connectivity index (χ1) is 20.0. The number of benzene rings is 2. The van der Waals surface area contributed by atoms with Gasteiger partial charge >= 0.3 is 6.09 Å². The number of furan rings is 1. The molecule has 9 nitrogen and oxygen atoms in total. The van der Waals surface area contributed by atoms with Gasteiger partial charge in [0.25, 0.3) is 0 Å². The van der Waals surface area contributed by atoms with Crippen LogP contribution in [0.1, 0.15) is 41.7 Å². The van der Waals surface area contributed by atoms with Gasteiger partial charge in [-0.25, -0.2) is 4.79 Å². The molecule has 216 valence electrons. The van der Waals surface area contributed by atoms with Gasteiger partial charge in [-0.1, -0.05) is 42.5 Å². The van der Waals surface area contributed by atoms with Crippen LogP contribution >= 0.6 is 0 Å². The molecule has 0 spiro atoms. The fraction of sp³-hybridized carbons (Fsp3) is 0.406. The molecule has 0 radical (unpaired) electrons. The van der Waals surface area contributed by atoms with Gasteiger partial charge in [0.15, 0.2) is 11.6 Å². The van der Waals surface area contributed by atoms with Crippen molar-refractivity contribution in [3.8, 4) is 0 Å². The van der Waals surface area contributed by atoms with Crippen LogP contribution in [0.2, 0.25) is 0 Å². The van der Waals surface area contributed by atoms with Crippen LogP contribution in [0.5, 0.6) is 0 Å². The molecular formula is C32H39N5O4. The normalized spacial score (nSPS) is 18.9. The molecule has 3 aliphatic rings. The van der Waals surface area contributed by atoms with Crippen molar-refractivity contribution in [2.45, 2.75) is 31.3 Å². The van der Waals surface area contributed by atoms with E-state index in [2.05, 4.69) is 62.7 Å². The Morgan fingerprint density at radius 1 is 1.05 bits per heavy atom. The highest BCUT2D eigenvalue weighted by atomic mass is 16.5. The van der Waals surface area contributed by atoms with Gasteiger partial charge in [0.2, 0.25) is 0 Å². The van der Waals surface area contributed by atoms with E-state index in [1.165, 1.54) is 0 Å². The molecule has 0 atom stereocenters. The summed E-state index contributed by atoms with van der Waals surface area (Å²) in [5.41, 5.74) is 4.46. The largest absolute Gasteiger partial charge is 0.494 e. The Kier molecular flexibility index (Phi) is 7.64. The summed E-state index contributed by atoms with van der Waals surface area (Å²) in [6, 6.07) is 20.5. The number of methoxy groups -OCH3 is 1. The third-order valence-electron chi connectivity index (χ3n) is 8.70. The minimum atomic E-state index is -0.984. The number of nitrogens with one attached hydrogen (secondary N) is 2. The monoisotopic (exact) mass is 557 g/mol. The Morgan fingerprint density at radius 2 is 1.78 bits per heavy atom. The molecule has 2 aliphatic heterocycles. The SMILES string of the molecule is COC1=C(c2ccccc2)N(c2ccc(C3(NC(=O)O)CCC3)cc2)Cc2oc(NCCN3CCN(C)CC3)cc21. The number of fused-ring (bicyclic) bond motifs is 1. The van der Waals surface area contributed by atoms with Crippen LogP contribution in [0.25, 0.3) is 11.5 Å². The summed E-state index contributed by atoms with van der Waals surface area (Å²) in [6.07, 6.45) is 1.65. The maximum atomic E-state index is 11.5. The lowest BCUT2D eigenvalue weighted by Gasteiger charge is -2.42. The predicted molar refractivity (Wildman–Crippen MR) is 161 cm³/mol. The Hall–Kier alpha value is -3.95. The van der Waals surface area contributed by atoms with E-state index in [0.29, 0.717) is 6.54 Å². The first-order valence-electron chi connectivity index (χ1n) is 14.5. The van der Waals surface area contributed by atoms with E-state index < -0.39 is 11.6 Å². The van der Waals surface area contributed by atoms with Gasteiger partial charge in [0.1, 0.15) is 5.76 Å². The number of amides is 1. The molecule has 1 aromatic heterocycles. The molecule has 1 amide bonds. The average Bonchev–Trinajstić information content (AvgIpc) is 3.38. The second-order valence-corrected chi connectivity index (χ2v) is 11.3. The van der Waals surface area contributed by atoms with Crippen LogP contribution < -0.4 is 15.5 Å². The van der Waals surface area contributed by atoms with Crippen molar-refractivity contribution in [3.63, 3.8) is 0 Å². The van der Waals surface area contributed by atoms with Crippen molar-refractivity contribution in [2.75, 3.05) is 63.6 Å². The summed E-state index contributed by atoms with van der Waals surface area (Å²) in [5, 5.41) is 15.7. The van der Waals surface area contributed by atoms with Crippen molar-refractivity contribution < 1.29 is 19.1 Å². The summed E-state index contributed by atoms with van der Waals surface area (Å²) < 4.78 is 12.4. The molecule has 0 bridgehead atoms. The standard InChI is InChI=1S/C32H39N5O4/c1-35-17-19-36(20-18-35)16-15-33-28-21-26-27(41-28)22-37(29(30(26)40-2)23-7-4-3-5-8-23)25-11-9-24(10-12-25)32(13-6-14-32)34-31(38)39/h3-5,7-12,21,33-34H,6,13-20,22H2,1-2H3,(H,38,39). The highest BCUT2D eigenvalue weighted by Crippen LogP contribution is 2.45. The predicted octanol–water partition coefficient (Wildman–Crippen LogP) is 5.08. The van der Waals surface area contributed by atoms with Crippen molar-refractivity contribution in [2.24, 2.45) is 0 Å². The van der Waals surface area contributed by atoms with Gasteiger partial charge in [-0.05, 0) is 44.0 Å². The molecule has 2 aromatic carbocycles. The fourth-order valence-corrected chi connectivity index (χ4v) is 6.20. The van der Waals surface area contributed by atoms with E-state index >= 15 is 0 Å². The molecule has 1 aliphatic carbocycles. The fourth-order valence-electron chi connectivity index (χ4n) is 6.20. The number of ether oxygens (including phenoxy) is 1. The smallest absolute Gasteiger partial charge is 0.405 e. The van der Waals surface area contributed by atoms with Gasteiger partial charge in [-0.15, -0.1) is 0 Å². The van der Waals surface area contributed by atoms with Crippen molar-refractivity contribution in [1.29, 1.82) is 0 Å². The minimum Gasteiger partial charge on any atom is -0.494 e. The number of hydrogen-bond acceptors (Lipinski definition) is 7. The van der Waals surface area contributed by atoms with E-state index in [1.54, 1.807) is 7.11 Å². The highest BCUT2D eigenvalue weighted by molar-refractivity contribution is 5.97. The maximum absolute atomic E-state index is 11.5. The zero-order valence-corrected chi connectivity index (χ0v) is 23.9. The lowest BCUT2D eigenvalue weighted by atomic mass is 9.72. The Bertz CT molecular complexity index is 1390. The second kappa shape index (κ2) is 11.5. The van der Waals surface area contributed by atoms with Crippen LogP contribution in [0.3, 0.4) is 0 Å². The quantitative estimate of drug-likeness (QED) is 0.336. The maximum Gasteiger partial charge on any atom is 0.405 e. The van der Waals surface area contributed by atoms with E-state index in [0.717, 1.165) is 104 Å². The van der Waals surface area contributed by atoms with E-state index in [4.69, 9.17) is 9.15 Å². The first-order valence-corrected chi connectivity index (χ1v) is 14.5. The Balaban J connectivity index is 1.28. The molecule has 1 saturated carbocycles. The van der Waals surface area contributed by atoms with E-state index in [-0.39, 0.29) is 0 Å². The first kappa shape index (κ1) is 27.2.